The topological polar surface area (TPSA) is 71.1 Å². The highest BCUT2D eigenvalue weighted by Crippen LogP contribution is 2.28. The maximum absolute atomic E-state index is 12.1. The molecular formula is C19H17N3O2S. The van der Waals surface area contributed by atoms with E-state index in [0.717, 1.165) is 15.8 Å². The number of aryl methyl sites for hydroxylation is 1. The fourth-order valence-corrected chi connectivity index (χ4v) is 3.16. The van der Waals surface area contributed by atoms with Crippen LogP contribution in [-0.2, 0) is 9.59 Å². The number of carbonyl (C=O) groups excluding carboxylic acids is 2. The largest absolute Gasteiger partial charge is 0.326 e. The fourth-order valence-electron chi connectivity index (χ4n) is 2.26. The first-order chi connectivity index (χ1) is 12.0. The molecule has 0 aliphatic rings. The van der Waals surface area contributed by atoms with Crippen molar-refractivity contribution in [3.63, 3.8) is 0 Å². The van der Waals surface area contributed by atoms with Crippen molar-refractivity contribution in [3.05, 3.63) is 59.7 Å². The lowest BCUT2D eigenvalue weighted by Crippen LogP contribution is -2.07. The number of fused-ring (bicyclic) bond motifs is 1. The van der Waals surface area contributed by atoms with Crippen molar-refractivity contribution < 1.29 is 9.59 Å². The molecule has 0 radical (unpaired) electrons. The number of anilines is 2. The van der Waals surface area contributed by atoms with Crippen molar-refractivity contribution >= 4 is 50.3 Å². The summed E-state index contributed by atoms with van der Waals surface area (Å²) in [5, 5.41) is 6.02. The molecule has 0 bridgehead atoms. The van der Waals surface area contributed by atoms with Gasteiger partial charge in [-0.25, -0.2) is 4.98 Å². The first-order valence-electron chi connectivity index (χ1n) is 7.73. The summed E-state index contributed by atoms with van der Waals surface area (Å²) >= 11 is 1.36. The number of nitrogens with one attached hydrogen (secondary N) is 2. The van der Waals surface area contributed by atoms with Crippen LogP contribution in [0.15, 0.2) is 48.5 Å². The third kappa shape index (κ3) is 4.51. The van der Waals surface area contributed by atoms with Crippen LogP contribution in [0, 0.1) is 6.92 Å². The van der Waals surface area contributed by atoms with Crippen molar-refractivity contribution in [3.8, 4) is 0 Å². The molecule has 0 unspecified atom stereocenters. The molecule has 1 heterocycles. The molecule has 0 aliphatic heterocycles. The zero-order chi connectivity index (χ0) is 17.8. The molecule has 2 aromatic carbocycles. The molecule has 0 saturated carbocycles. The number of benzene rings is 2. The van der Waals surface area contributed by atoms with Gasteiger partial charge >= 0.3 is 0 Å². The molecule has 25 heavy (non-hydrogen) atoms. The summed E-state index contributed by atoms with van der Waals surface area (Å²) in [5.74, 6) is -0.361. The number of thiazole rings is 1. The Morgan fingerprint density at radius 3 is 2.56 bits per heavy atom. The third-order valence-electron chi connectivity index (χ3n) is 3.44. The molecule has 0 aliphatic carbocycles. The van der Waals surface area contributed by atoms with E-state index in [1.165, 1.54) is 29.9 Å². The summed E-state index contributed by atoms with van der Waals surface area (Å²) in [6.07, 6.45) is 3.25. The molecule has 5 nitrogen and oxygen atoms in total. The average molecular weight is 351 g/mol. The highest BCUT2D eigenvalue weighted by Gasteiger charge is 2.07. The third-order valence-corrected chi connectivity index (χ3v) is 4.38. The van der Waals surface area contributed by atoms with E-state index in [9.17, 15) is 9.59 Å². The maximum Gasteiger partial charge on any atom is 0.250 e. The van der Waals surface area contributed by atoms with Crippen LogP contribution < -0.4 is 10.6 Å². The second-order valence-corrected chi connectivity index (χ2v) is 6.65. The Labute approximate surface area is 149 Å². The number of hydrogen-bond acceptors (Lipinski definition) is 4. The second kappa shape index (κ2) is 7.27. The van der Waals surface area contributed by atoms with Crippen LogP contribution in [0.3, 0.4) is 0 Å². The zero-order valence-corrected chi connectivity index (χ0v) is 14.7. The van der Waals surface area contributed by atoms with Gasteiger partial charge < -0.3 is 5.32 Å². The minimum atomic E-state index is -0.235. The number of nitrogens with zero attached hydrogens (tertiary/aromatic N) is 1. The van der Waals surface area contributed by atoms with Gasteiger partial charge in [-0.3, -0.25) is 14.9 Å². The van der Waals surface area contributed by atoms with Gasteiger partial charge in [-0.2, -0.15) is 0 Å². The van der Waals surface area contributed by atoms with E-state index in [1.807, 2.05) is 43.3 Å². The monoisotopic (exact) mass is 351 g/mol. The lowest BCUT2D eigenvalue weighted by atomic mass is 10.1. The number of hydrogen-bond donors (Lipinski definition) is 2. The van der Waals surface area contributed by atoms with Gasteiger partial charge in [-0.1, -0.05) is 41.2 Å². The molecule has 2 amide bonds. The highest BCUT2D eigenvalue weighted by molar-refractivity contribution is 7.22. The van der Waals surface area contributed by atoms with E-state index in [1.54, 1.807) is 12.1 Å². The van der Waals surface area contributed by atoms with Crippen molar-refractivity contribution in [1.82, 2.24) is 4.98 Å². The lowest BCUT2D eigenvalue weighted by Gasteiger charge is -1.99. The van der Waals surface area contributed by atoms with Gasteiger partial charge in [0.05, 0.1) is 10.2 Å². The Hall–Kier alpha value is -2.99. The summed E-state index contributed by atoms with van der Waals surface area (Å²) in [5.41, 5.74) is 3.62. The minimum absolute atomic E-state index is 0.126. The molecule has 1 aromatic heterocycles. The van der Waals surface area contributed by atoms with E-state index >= 15 is 0 Å². The van der Waals surface area contributed by atoms with Crippen molar-refractivity contribution in [2.75, 3.05) is 10.6 Å². The summed E-state index contributed by atoms with van der Waals surface area (Å²) in [7, 11) is 0. The van der Waals surface area contributed by atoms with Crippen LogP contribution in [0.25, 0.3) is 16.3 Å². The smallest absolute Gasteiger partial charge is 0.250 e. The first-order valence-corrected chi connectivity index (χ1v) is 8.55. The van der Waals surface area contributed by atoms with Crippen molar-refractivity contribution in [2.45, 2.75) is 13.8 Å². The van der Waals surface area contributed by atoms with E-state index in [-0.39, 0.29) is 11.8 Å². The number of rotatable bonds is 4. The predicted octanol–water partition coefficient (Wildman–Crippen LogP) is 4.22. The van der Waals surface area contributed by atoms with Crippen LogP contribution in [0.5, 0.6) is 0 Å². The molecular weight excluding hydrogens is 334 g/mol. The van der Waals surface area contributed by atoms with Gasteiger partial charge in [0, 0.05) is 18.7 Å². The minimum Gasteiger partial charge on any atom is -0.326 e. The van der Waals surface area contributed by atoms with Gasteiger partial charge in [0.1, 0.15) is 0 Å². The quantitative estimate of drug-likeness (QED) is 0.692. The van der Waals surface area contributed by atoms with Gasteiger partial charge in [-0.15, -0.1) is 0 Å². The van der Waals surface area contributed by atoms with Crippen LogP contribution in [0.4, 0.5) is 10.8 Å². The summed E-state index contributed by atoms with van der Waals surface area (Å²) in [6, 6.07) is 13.4. The Morgan fingerprint density at radius 2 is 1.84 bits per heavy atom. The number of carbonyl (C=O) groups is 2. The van der Waals surface area contributed by atoms with E-state index in [2.05, 4.69) is 15.6 Å². The Bertz CT molecular complexity index is 958. The maximum atomic E-state index is 12.1. The second-order valence-electron chi connectivity index (χ2n) is 5.62. The van der Waals surface area contributed by atoms with Crippen LogP contribution >= 0.6 is 11.3 Å². The Balaban J connectivity index is 1.70. The molecule has 0 saturated heterocycles. The van der Waals surface area contributed by atoms with E-state index in [0.29, 0.717) is 10.8 Å². The Morgan fingerprint density at radius 1 is 1.08 bits per heavy atom. The summed E-state index contributed by atoms with van der Waals surface area (Å²) < 4.78 is 0.893. The summed E-state index contributed by atoms with van der Waals surface area (Å²) in [4.78, 5) is 27.6. The molecule has 0 atom stereocenters. The molecule has 2 N–H and O–H groups in total. The fraction of sp³-hybridized carbons (Fsp3) is 0.105. The first kappa shape index (κ1) is 16.9. The predicted molar refractivity (Wildman–Crippen MR) is 103 cm³/mol. The van der Waals surface area contributed by atoms with Crippen molar-refractivity contribution in [2.24, 2.45) is 0 Å². The van der Waals surface area contributed by atoms with Crippen molar-refractivity contribution in [1.29, 1.82) is 0 Å². The highest BCUT2D eigenvalue weighted by atomic mass is 32.1. The van der Waals surface area contributed by atoms with Crippen LogP contribution in [-0.4, -0.2) is 16.8 Å². The number of aromatic nitrogens is 1. The summed E-state index contributed by atoms with van der Waals surface area (Å²) in [6.45, 7) is 3.48. The zero-order valence-electron chi connectivity index (χ0n) is 13.9. The number of amides is 2. The normalized spacial score (nSPS) is 11.0. The molecule has 3 aromatic rings. The molecule has 0 spiro atoms. The van der Waals surface area contributed by atoms with Gasteiger partial charge in [0.2, 0.25) is 11.8 Å². The molecule has 0 fully saturated rings. The lowest BCUT2D eigenvalue weighted by molar-refractivity contribution is -0.114. The van der Waals surface area contributed by atoms with Gasteiger partial charge in [0.25, 0.3) is 0 Å². The Kier molecular flexibility index (Phi) is 4.90. The molecule has 3 rings (SSSR count). The average Bonchev–Trinajstić information content (AvgIpc) is 2.95. The van der Waals surface area contributed by atoms with E-state index < -0.39 is 0 Å². The van der Waals surface area contributed by atoms with E-state index in [4.69, 9.17) is 0 Å². The van der Waals surface area contributed by atoms with Gasteiger partial charge in [-0.05, 0) is 36.8 Å². The standard InChI is InChI=1S/C19H17N3O2S/c1-12-3-5-14(6-4-12)7-10-18(24)22-19-21-16-9-8-15(20-13(2)23)11-17(16)25-19/h3-11H,1-2H3,(H,20,23)(H,21,22,24)/b10-7+. The van der Waals surface area contributed by atoms with Crippen LogP contribution in [0.2, 0.25) is 0 Å². The SMILES string of the molecule is CC(=O)Nc1ccc2nc(NC(=O)/C=C/c3ccc(C)cc3)sc2c1. The molecule has 126 valence electrons. The van der Waals surface area contributed by atoms with Crippen LogP contribution in [0.1, 0.15) is 18.1 Å². The van der Waals surface area contributed by atoms with Gasteiger partial charge in [0.15, 0.2) is 5.13 Å². The molecule has 6 heteroatoms.